The number of nitrogens with zero attached hydrogens (tertiary/aromatic N) is 3. The third-order valence-corrected chi connectivity index (χ3v) is 12.9. The van der Waals surface area contributed by atoms with Gasteiger partial charge in [-0.25, -0.2) is 8.78 Å². The second kappa shape index (κ2) is 15.7. The Kier molecular flexibility index (Phi) is 9.25. The van der Waals surface area contributed by atoms with Gasteiger partial charge in [0.25, 0.3) is 0 Å². The lowest BCUT2D eigenvalue weighted by atomic mass is 9.98. The molecule has 0 radical (unpaired) electrons. The first kappa shape index (κ1) is 38.8. The summed E-state index contributed by atoms with van der Waals surface area (Å²) in [5, 5.41) is 14.0. The molecule has 0 bridgehead atoms. The zero-order chi connectivity index (χ0) is 44.3. The molecule has 0 saturated heterocycles. The Hall–Kier alpha value is -8.85. The van der Waals surface area contributed by atoms with Crippen molar-refractivity contribution in [3.63, 3.8) is 0 Å². The molecule has 0 N–H and O–H groups in total. The topological polar surface area (TPSA) is 33.6 Å². The quantitative estimate of drug-likeness (QED) is 0.157. The first-order valence-corrected chi connectivity index (χ1v) is 21.9. The highest BCUT2D eigenvalue weighted by molar-refractivity contribution is 6.14. The number of aromatic nitrogens is 2. The largest absolute Gasteiger partial charge is 0.309 e. The van der Waals surface area contributed by atoms with E-state index < -0.39 is 17.2 Å². The van der Waals surface area contributed by atoms with Crippen LogP contribution in [0, 0.1) is 23.0 Å². The summed E-state index contributed by atoms with van der Waals surface area (Å²) in [5.41, 5.74) is 14.1. The molecule has 12 aromatic rings. The Bertz CT molecular complexity index is 3640. The molecule has 66 heavy (non-hydrogen) atoms. The van der Waals surface area contributed by atoms with Crippen molar-refractivity contribution in [2.24, 2.45) is 0 Å². The lowest BCUT2D eigenvalue weighted by molar-refractivity contribution is 0.577. The summed E-state index contributed by atoms with van der Waals surface area (Å²) in [7, 11) is 0. The van der Waals surface area contributed by atoms with Gasteiger partial charge in [0.1, 0.15) is 23.3 Å². The Labute approximate surface area is 379 Å². The van der Waals surface area contributed by atoms with Crippen LogP contribution in [0.5, 0.6) is 0 Å². The summed E-state index contributed by atoms with van der Waals surface area (Å²) in [6.45, 7) is 0. The van der Waals surface area contributed by atoms with Crippen LogP contribution in [0.25, 0.3) is 111 Å². The average molecular weight is 850 g/mol. The van der Waals surface area contributed by atoms with Crippen molar-refractivity contribution in [1.29, 1.82) is 5.26 Å². The van der Waals surface area contributed by atoms with Gasteiger partial charge in [-0.2, -0.15) is 5.26 Å². The molecule has 0 saturated carbocycles. The lowest BCUT2D eigenvalue weighted by Crippen LogP contribution is -2.05. The lowest BCUT2D eigenvalue weighted by Gasteiger charge is -2.21. The highest BCUT2D eigenvalue weighted by atomic mass is 19.1. The van der Waals surface area contributed by atoms with Crippen molar-refractivity contribution in [2.75, 3.05) is 0 Å². The van der Waals surface area contributed by atoms with E-state index >= 15 is 8.78 Å². The molecule has 0 atom stereocenters. The minimum Gasteiger partial charge on any atom is -0.309 e. The van der Waals surface area contributed by atoms with Gasteiger partial charge in [-0.05, 0) is 111 Å². The van der Waals surface area contributed by atoms with Crippen LogP contribution in [-0.4, -0.2) is 9.13 Å². The number of hydrogen-bond donors (Lipinski definition) is 0. The van der Waals surface area contributed by atoms with Crippen molar-refractivity contribution < 1.29 is 8.78 Å². The molecular weight excluding hydrogens is 813 g/mol. The molecule has 2 heterocycles. The Balaban J connectivity index is 1.21. The van der Waals surface area contributed by atoms with Gasteiger partial charge in [-0.3, -0.25) is 0 Å². The molecule has 3 nitrogen and oxygen atoms in total. The highest BCUT2D eigenvalue weighted by Gasteiger charge is 2.25. The summed E-state index contributed by atoms with van der Waals surface area (Å²) in [5.74, 6) is -1.84. The standard InChI is InChI=1S/C61H37F2N3/c62-53-34-47(35-54(63)52(53)38-64)61-57(65-55-30-26-43(39-14-5-1-6-15-39)32-50(55)48-28-24-45(36-59(48)65)41-18-9-3-10-19-41)22-13-23-58(61)66-56-31-27-44(40-16-7-2-8-17-40)33-51(56)49-29-25-46(37-60(49)66)42-20-11-4-12-21-42/h1-37H. The van der Waals surface area contributed by atoms with E-state index in [1.54, 1.807) is 6.07 Å². The summed E-state index contributed by atoms with van der Waals surface area (Å²) in [6, 6.07) is 77.8. The maximum absolute atomic E-state index is 16.2. The smallest absolute Gasteiger partial charge is 0.144 e. The Morgan fingerprint density at radius 3 is 1.05 bits per heavy atom. The van der Waals surface area contributed by atoms with Crippen LogP contribution < -0.4 is 0 Å². The van der Waals surface area contributed by atoms with Crippen molar-refractivity contribution in [3.8, 4) is 73.1 Å². The number of benzene rings is 10. The van der Waals surface area contributed by atoms with Crippen LogP contribution in [0.1, 0.15) is 5.56 Å². The molecule has 2 aromatic heterocycles. The fourth-order valence-electron chi connectivity index (χ4n) is 9.82. The van der Waals surface area contributed by atoms with E-state index in [-0.39, 0.29) is 0 Å². The Morgan fingerprint density at radius 2 is 0.667 bits per heavy atom. The average Bonchev–Trinajstić information content (AvgIpc) is 3.88. The van der Waals surface area contributed by atoms with E-state index in [1.165, 1.54) is 12.1 Å². The predicted octanol–water partition coefficient (Wildman–Crippen LogP) is 16.4. The van der Waals surface area contributed by atoms with Crippen molar-refractivity contribution >= 4 is 43.6 Å². The van der Waals surface area contributed by atoms with Crippen LogP contribution in [0.15, 0.2) is 224 Å². The zero-order valence-electron chi connectivity index (χ0n) is 35.5. The molecular formula is C61H37F2N3. The van der Waals surface area contributed by atoms with Gasteiger partial charge in [0.2, 0.25) is 0 Å². The molecule has 12 rings (SSSR count). The minimum atomic E-state index is -0.921. The zero-order valence-corrected chi connectivity index (χ0v) is 35.5. The highest BCUT2D eigenvalue weighted by Crippen LogP contribution is 2.45. The van der Waals surface area contributed by atoms with Gasteiger partial charge < -0.3 is 9.13 Å². The first-order valence-electron chi connectivity index (χ1n) is 21.9. The van der Waals surface area contributed by atoms with Crippen LogP contribution >= 0.6 is 0 Å². The van der Waals surface area contributed by atoms with Gasteiger partial charge in [0.05, 0.1) is 33.4 Å². The van der Waals surface area contributed by atoms with Crippen LogP contribution in [-0.2, 0) is 0 Å². The van der Waals surface area contributed by atoms with E-state index in [1.807, 2.05) is 91.0 Å². The molecule has 0 aliphatic rings. The Morgan fingerprint density at radius 1 is 0.303 bits per heavy atom. The maximum Gasteiger partial charge on any atom is 0.144 e. The third kappa shape index (κ3) is 6.38. The summed E-state index contributed by atoms with van der Waals surface area (Å²) >= 11 is 0. The SMILES string of the molecule is N#Cc1c(F)cc(-c2c(-n3c4ccc(-c5ccccc5)cc4c4ccc(-c5ccccc5)cc43)cccc2-n2c3ccc(-c4ccccc4)cc3c3ccc(-c4ccccc4)cc32)cc1F. The predicted molar refractivity (Wildman–Crippen MR) is 267 cm³/mol. The van der Waals surface area contributed by atoms with Gasteiger partial charge in [-0.15, -0.1) is 0 Å². The molecule has 5 heteroatoms. The normalized spacial score (nSPS) is 11.5. The minimum absolute atomic E-state index is 0.305. The molecule has 310 valence electrons. The molecule has 0 unspecified atom stereocenters. The second-order valence-electron chi connectivity index (χ2n) is 16.7. The van der Waals surface area contributed by atoms with Gasteiger partial charge in [-0.1, -0.05) is 164 Å². The molecule has 0 aliphatic heterocycles. The van der Waals surface area contributed by atoms with Crippen LogP contribution in [0.2, 0.25) is 0 Å². The summed E-state index contributed by atoms with van der Waals surface area (Å²) in [6.07, 6.45) is 0. The van der Waals surface area contributed by atoms with E-state index in [0.29, 0.717) is 11.1 Å². The summed E-state index contributed by atoms with van der Waals surface area (Å²) in [4.78, 5) is 0. The van der Waals surface area contributed by atoms with E-state index in [2.05, 4.69) is 130 Å². The van der Waals surface area contributed by atoms with Crippen molar-refractivity contribution in [1.82, 2.24) is 9.13 Å². The first-order chi connectivity index (χ1) is 32.5. The fourth-order valence-corrected chi connectivity index (χ4v) is 9.82. The van der Waals surface area contributed by atoms with E-state index in [4.69, 9.17) is 0 Å². The molecule has 0 aliphatic carbocycles. The second-order valence-corrected chi connectivity index (χ2v) is 16.7. The van der Waals surface area contributed by atoms with Gasteiger partial charge in [0, 0.05) is 27.1 Å². The van der Waals surface area contributed by atoms with Crippen molar-refractivity contribution in [3.05, 3.63) is 242 Å². The van der Waals surface area contributed by atoms with Crippen molar-refractivity contribution in [2.45, 2.75) is 0 Å². The van der Waals surface area contributed by atoms with Crippen LogP contribution in [0.3, 0.4) is 0 Å². The molecule has 10 aromatic carbocycles. The van der Waals surface area contributed by atoms with E-state index in [9.17, 15) is 5.26 Å². The molecule has 0 amide bonds. The fraction of sp³-hybridized carbons (Fsp3) is 0. The summed E-state index contributed by atoms with van der Waals surface area (Å²) < 4.78 is 36.8. The molecule has 0 spiro atoms. The maximum atomic E-state index is 16.2. The van der Waals surface area contributed by atoms with Crippen LogP contribution in [0.4, 0.5) is 8.78 Å². The van der Waals surface area contributed by atoms with E-state index in [0.717, 1.165) is 99.5 Å². The third-order valence-electron chi connectivity index (χ3n) is 12.9. The number of hydrogen-bond acceptors (Lipinski definition) is 1. The monoisotopic (exact) mass is 849 g/mol. The number of fused-ring (bicyclic) bond motifs is 6. The number of halogens is 2. The number of rotatable bonds is 7. The molecule has 0 fully saturated rings. The van der Waals surface area contributed by atoms with Gasteiger partial charge >= 0.3 is 0 Å². The number of nitriles is 1. The van der Waals surface area contributed by atoms with Gasteiger partial charge in [0.15, 0.2) is 0 Å².